The molecular weight excluding hydrogens is 487 g/mol. The van der Waals surface area contributed by atoms with Gasteiger partial charge >= 0.3 is 6.18 Å². The molecular formula is C26H30F3N5O3. The number of carbonyl (C=O) groups excluding carboxylic acids is 1. The number of ether oxygens (including phenoxy) is 2. The molecule has 11 heteroatoms. The van der Waals surface area contributed by atoms with Gasteiger partial charge in [-0.05, 0) is 31.0 Å². The molecule has 0 unspecified atom stereocenters. The Balaban J connectivity index is 1.76. The highest BCUT2D eigenvalue weighted by Gasteiger charge is 2.32. The average Bonchev–Trinajstić information content (AvgIpc) is 3.46. The lowest BCUT2D eigenvalue weighted by atomic mass is 9.92. The van der Waals surface area contributed by atoms with E-state index in [9.17, 15) is 18.0 Å². The molecule has 2 aromatic heterocycles. The maximum Gasteiger partial charge on any atom is 0.416 e. The van der Waals surface area contributed by atoms with Crippen LogP contribution in [0.2, 0.25) is 0 Å². The van der Waals surface area contributed by atoms with Crippen molar-refractivity contribution >= 4 is 5.91 Å². The first kappa shape index (κ1) is 26.6. The van der Waals surface area contributed by atoms with Gasteiger partial charge in [0.05, 0.1) is 35.7 Å². The van der Waals surface area contributed by atoms with E-state index in [2.05, 4.69) is 15.0 Å². The highest BCUT2D eigenvalue weighted by molar-refractivity contribution is 5.97. The number of carbonyl (C=O) groups is 1. The SMILES string of the molecule is Cn1c(C(C)(C)C)cc(=NC(=O)c2cc(C(F)(F)F)ccc2OCc2cnccn2)n1C[C@H]1CCCO1. The molecule has 0 bridgehead atoms. The molecule has 198 valence electrons. The van der Waals surface area contributed by atoms with E-state index in [0.29, 0.717) is 24.3 Å². The second-order valence-electron chi connectivity index (χ2n) is 9.99. The van der Waals surface area contributed by atoms with Crippen molar-refractivity contribution in [1.82, 2.24) is 19.3 Å². The van der Waals surface area contributed by atoms with Gasteiger partial charge in [0.15, 0.2) is 5.49 Å². The van der Waals surface area contributed by atoms with Crippen molar-refractivity contribution in [2.45, 2.75) is 64.5 Å². The van der Waals surface area contributed by atoms with Gasteiger partial charge in [0.25, 0.3) is 5.91 Å². The first-order chi connectivity index (χ1) is 17.4. The summed E-state index contributed by atoms with van der Waals surface area (Å²) < 4.78 is 55.7. The van der Waals surface area contributed by atoms with E-state index in [1.807, 2.05) is 37.2 Å². The first-order valence-electron chi connectivity index (χ1n) is 12.0. The lowest BCUT2D eigenvalue weighted by molar-refractivity contribution is -0.137. The molecule has 8 nitrogen and oxygen atoms in total. The number of hydrogen-bond acceptors (Lipinski definition) is 5. The second kappa shape index (κ2) is 10.5. The summed E-state index contributed by atoms with van der Waals surface area (Å²) in [5.41, 5.74) is 0.206. The van der Waals surface area contributed by atoms with Gasteiger partial charge in [0.1, 0.15) is 12.4 Å². The summed E-state index contributed by atoms with van der Waals surface area (Å²) in [5, 5.41) is 0. The number of hydrogen-bond donors (Lipinski definition) is 0. The predicted molar refractivity (Wildman–Crippen MR) is 129 cm³/mol. The largest absolute Gasteiger partial charge is 0.486 e. The molecule has 0 saturated carbocycles. The van der Waals surface area contributed by atoms with Crippen LogP contribution < -0.4 is 10.2 Å². The molecule has 1 atom stereocenters. The first-order valence-corrected chi connectivity index (χ1v) is 12.0. The molecule has 37 heavy (non-hydrogen) atoms. The van der Waals surface area contributed by atoms with E-state index < -0.39 is 17.6 Å². The van der Waals surface area contributed by atoms with E-state index >= 15 is 0 Å². The van der Waals surface area contributed by atoms with Crippen molar-refractivity contribution in [2.24, 2.45) is 12.0 Å². The minimum absolute atomic E-state index is 0.0231. The molecule has 1 aromatic carbocycles. The molecule has 1 fully saturated rings. The van der Waals surface area contributed by atoms with Crippen LogP contribution in [0.3, 0.4) is 0 Å². The lowest BCUT2D eigenvalue weighted by Gasteiger charge is -2.21. The van der Waals surface area contributed by atoms with Crippen LogP contribution in [-0.2, 0) is 36.5 Å². The summed E-state index contributed by atoms with van der Waals surface area (Å²) in [7, 11) is 1.87. The predicted octanol–water partition coefficient (Wildman–Crippen LogP) is 4.43. The van der Waals surface area contributed by atoms with Crippen molar-refractivity contribution in [1.29, 1.82) is 0 Å². The fourth-order valence-corrected chi connectivity index (χ4v) is 4.28. The lowest BCUT2D eigenvalue weighted by Crippen LogP contribution is -2.30. The summed E-state index contributed by atoms with van der Waals surface area (Å²) in [6.07, 6.45) is 1.60. The maximum absolute atomic E-state index is 13.5. The number of halogens is 3. The second-order valence-corrected chi connectivity index (χ2v) is 9.99. The van der Waals surface area contributed by atoms with Crippen molar-refractivity contribution in [3.63, 3.8) is 0 Å². The maximum atomic E-state index is 13.5. The Morgan fingerprint density at radius 1 is 1.22 bits per heavy atom. The summed E-state index contributed by atoms with van der Waals surface area (Å²) in [4.78, 5) is 25.7. The summed E-state index contributed by atoms with van der Waals surface area (Å²) in [5.74, 6) is -0.863. The van der Waals surface area contributed by atoms with Crippen LogP contribution in [0.1, 0.15) is 60.9 Å². The summed E-state index contributed by atoms with van der Waals surface area (Å²) >= 11 is 0. The number of aromatic nitrogens is 4. The van der Waals surface area contributed by atoms with Gasteiger partial charge in [0, 0.05) is 43.2 Å². The van der Waals surface area contributed by atoms with E-state index in [1.54, 1.807) is 6.07 Å². The molecule has 3 heterocycles. The van der Waals surface area contributed by atoms with Gasteiger partial charge < -0.3 is 9.47 Å². The number of amides is 1. The molecule has 1 amide bonds. The van der Waals surface area contributed by atoms with E-state index in [-0.39, 0.29) is 29.4 Å². The van der Waals surface area contributed by atoms with Crippen LogP contribution in [0.25, 0.3) is 0 Å². The zero-order valence-corrected chi connectivity index (χ0v) is 21.2. The molecule has 1 aliphatic rings. The standard InChI is InChI=1S/C26H30F3N5O3/c1-25(2,3)22-13-23(34(33(22)4)15-19-6-5-11-36-19)32-24(35)20-12-17(26(27,28)29)7-8-21(20)37-16-18-14-30-9-10-31-18/h7-10,12-14,19H,5-6,11,15-16H2,1-4H3/t19-/m1/s1. The fourth-order valence-electron chi connectivity index (χ4n) is 4.28. The Hall–Kier alpha value is -3.47. The van der Waals surface area contributed by atoms with Crippen molar-refractivity contribution in [3.8, 4) is 5.75 Å². The van der Waals surface area contributed by atoms with Gasteiger partial charge in [-0.3, -0.25) is 24.1 Å². The third kappa shape index (κ3) is 6.27. The fraction of sp³-hybridized carbons (Fsp3) is 0.462. The van der Waals surface area contributed by atoms with Gasteiger partial charge in [-0.25, -0.2) is 0 Å². The van der Waals surface area contributed by atoms with Crippen LogP contribution in [0.4, 0.5) is 13.2 Å². The molecule has 0 spiro atoms. The topological polar surface area (TPSA) is 83.5 Å². The minimum atomic E-state index is -4.63. The zero-order valence-electron chi connectivity index (χ0n) is 21.2. The van der Waals surface area contributed by atoms with Crippen molar-refractivity contribution in [2.75, 3.05) is 6.61 Å². The van der Waals surface area contributed by atoms with Gasteiger partial charge in [-0.1, -0.05) is 20.8 Å². The average molecular weight is 518 g/mol. The Bertz CT molecular complexity index is 1320. The van der Waals surface area contributed by atoms with Gasteiger partial charge in [-0.2, -0.15) is 18.2 Å². The quantitative estimate of drug-likeness (QED) is 0.483. The van der Waals surface area contributed by atoms with Crippen LogP contribution in [0.5, 0.6) is 5.75 Å². The third-order valence-electron chi connectivity index (χ3n) is 6.16. The number of nitrogens with zero attached hydrogens (tertiary/aromatic N) is 5. The Labute approximate surface area is 212 Å². The summed E-state index contributed by atoms with van der Waals surface area (Å²) in [6, 6.07) is 4.57. The van der Waals surface area contributed by atoms with Gasteiger partial charge in [0.2, 0.25) is 0 Å². The Morgan fingerprint density at radius 2 is 2.00 bits per heavy atom. The zero-order chi connectivity index (χ0) is 26.8. The molecule has 0 aliphatic carbocycles. The number of rotatable bonds is 6. The minimum Gasteiger partial charge on any atom is -0.486 e. The normalized spacial score (nSPS) is 16.8. The molecule has 1 saturated heterocycles. The van der Waals surface area contributed by atoms with E-state index in [4.69, 9.17) is 9.47 Å². The molecule has 0 N–H and O–H groups in total. The number of benzene rings is 1. The smallest absolute Gasteiger partial charge is 0.416 e. The molecule has 3 aromatic rings. The van der Waals surface area contributed by atoms with Crippen LogP contribution >= 0.6 is 0 Å². The molecule has 1 aliphatic heterocycles. The van der Waals surface area contributed by atoms with Gasteiger partial charge in [-0.15, -0.1) is 0 Å². The highest BCUT2D eigenvalue weighted by Crippen LogP contribution is 2.33. The number of alkyl halides is 3. The van der Waals surface area contributed by atoms with Crippen LogP contribution in [-0.4, -0.2) is 37.9 Å². The molecule has 4 rings (SSSR count). The highest BCUT2D eigenvalue weighted by atomic mass is 19.4. The van der Waals surface area contributed by atoms with Crippen LogP contribution in [0, 0.1) is 0 Å². The summed E-state index contributed by atoms with van der Waals surface area (Å²) in [6.45, 7) is 7.18. The van der Waals surface area contributed by atoms with E-state index in [1.165, 1.54) is 18.6 Å². The monoisotopic (exact) mass is 517 g/mol. The Morgan fingerprint density at radius 3 is 2.62 bits per heavy atom. The third-order valence-corrected chi connectivity index (χ3v) is 6.16. The Kier molecular flexibility index (Phi) is 7.54. The van der Waals surface area contributed by atoms with Crippen molar-refractivity contribution < 1.29 is 27.4 Å². The molecule has 0 radical (unpaired) electrons. The van der Waals surface area contributed by atoms with Crippen molar-refractivity contribution in [3.05, 3.63) is 70.9 Å². The van der Waals surface area contributed by atoms with Crippen LogP contribution in [0.15, 0.2) is 47.8 Å². The van der Waals surface area contributed by atoms with E-state index in [0.717, 1.165) is 36.7 Å².